The Morgan fingerprint density at radius 1 is 1.27 bits per heavy atom. The SMILES string of the molecule is N#Cc1nccnc1-c1cnn(CC(=O)Nc2ccnn2CC2CC2)c1. The Bertz CT molecular complexity index is 979. The van der Waals surface area contributed by atoms with Gasteiger partial charge in [0.05, 0.1) is 12.4 Å². The number of nitrogens with zero attached hydrogens (tertiary/aromatic N) is 7. The minimum absolute atomic E-state index is 0.0523. The van der Waals surface area contributed by atoms with Crippen LogP contribution in [0.3, 0.4) is 0 Å². The van der Waals surface area contributed by atoms with E-state index in [1.807, 2.05) is 10.8 Å². The van der Waals surface area contributed by atoms with Crippen molar-refractivity contribution in [1.82, 2.24) is 29.5 Å². The minimum Gasteiger partial charge on any atom is -0.309 e. The van der Waals surface area contributed by atoms with Crippen molar-refractivity contribution in [3.63, 3.8) is 0 Å². The molecule has 0 unspecified atom stereocenters. The van der Waals surface area contributed by atoms with Crippen molar-refractivity contribution in [3.05, 3.63) is 42.7 Å². The Hall–Kier alpha value is -3.54. The third kappa shape index (κ3) is 3.44. The number of carbonyl (C=O) groups excluding carboxylic acids is 1. The fourth-order valence-electron chi connectivity index (χ4n) is 2.66. The summed E-state index contributed by atoms with van der Waals surface area (Å²) >= 11 is 0. The van der Waals surface area contributed by atoms with Gasteiger partial charge in [0.1, 0.15) is 24.1 Å². The molecule has 0 atom stereocenters. The quantitative estimate of drug-likeness (QED) is 0.721. The van der Waals surface area contributed by atoms with Gasteiger partial charge in [-0.05, 0) is 18.8 Å². The molecular weight excluding hydrogens is 332 g/mol. The van der Waals surface area contributed by atoms with E-state index in [2.05, 4.69) is 25.5 Å². The van der Waals surface area contributed by atoms with E-state index >= 15 is 0 Å². The first-order valence-electron chi connectivity index (χ1n) is 8.28. The summed E-state index contributed by atoms with van der Waals surface area (Å²) in [7, 11) is 0. The zero-order valence-electron chi connectivity index (χ0n) is 13.9. The summed E-state index contributed by atoms with van der Waals surface area (Å²) in [6.07, 6.45) is 10.3. The lowest BCUT2D eigenvalue weighted by atomic mass is 10.2. The molecule has 0 saturated heterocycles. The molecule has 0 spiro atoms. The molecule has 0 bridgehead atoms. The van der Waals surface area contributed by atoms with Crippen LogP contribution in [0.15, 0.2) is 37.1 Å². The highest BCUT2D eigenvalue weighted by molar-refractivity contribution is 5.89. The molecule has 1 amide bonds. The van der Waals surface area contributed by atoms with Crippen LogP contribution in [0.25, 0.3) is 11.3 Å². The molecule has 130 valence electrons. The molecule has 1 saturated carbocycles. The van der Waals surface area contributed by atoms with E-state index in [1.165, 1.54) is 29.9 Å². The number of carbonyl (C=O) groups is 1. The average molecular weight is 348 g/mol. The fraction of sp³-hybridized carbons (Fsp3) is 0.294. The van der Waals surface area contributed by atoms with Crippen molar-refractivity contribution in [1.29, 1.82) is 5.26 Å². The topological polar surface area (TPSA) is 114 Å². The predicted octanol–water partition coefficient (Wildman–Crippen LogP) is 1.46. The predicted molar refractivity (Wildman–Crippen MR) is 91.5 cm³/mol. The average Bonchev–Trinajstić information content (AvgIpc) is 3.17. The summed E-state index contributed by atoms with van der Waals surface area (Å²) in [6, 6.07) is 3.79. The molecule has 9 nitrogen and oxygen atoms in total. The molecule has 1 aliphatic rings. The van der Waals surface area contributed by atoms with Crippen LogP contribution in [0.5, 0.6) is 0 Å². The van der Waals surface area contributed by atoms with Crippen LogP contribution in [-0.4, -0.2) is 35.4 Å². The number of nitriles is 1. The minimum atomic E-state index is -0.197. The van der Waals surface area contributed by atoms with Gasteiger partial charge in [-0.15, -0.1) is 0 Å². The maximum Gasteiger partial charge on any atom is 0.247 e. The van der Waals surface area contributed by atoms with Gasteiger partial charge in [-0.25, -0.2) is 9.67 Å². The number of hydrogen-bond acceptors (Lipinski definition) is 6. The maximum absolute atomic E-state index is 12.3. The third-order valence-corrected chi connectivity index (χ3v) is 4.13. The summed E-state index contributed by atoms with van der Waals surface area (Å²) in [6.45, 7) is 0.884. The second-order valence-corrected chi connectivity index (χ2v) is 6.18. The van der Waals surface area contributed by atoms with E-state index in [0.717, 1.165) is 6.54 Å². The van der Waals surface area contributed by atoms with Crippen LogP contribution in [0.4, 0.5) is 5.82 Å². The number of amides is 1. The van der Waals surface area contributed by atoms with E-state index in [4.69, 9.17) is 5.26 Å². The van der Waals surface area contributed by atoms with Crippen LogP contribution in [-0.2, 0) is 17.9 Å². The molecule has 3 aromatic rings. The Balaban J connectivity index is 1.43. The molecule has 1 fully saturated rings. The molecule has 3 heterocycles. The van der Waals surface area contributed by atoms with Gasteiger partial charge in [0, 0.05) is 36.8 Å². The molecule has 0 radical (unpaired) electrons. The molecule has 1 aliphatic carbocycles. The number of anilines is 1. The number of hydrogen-bond donors (Lipinski definition) is 1. The highest BCUT2D eigenvalue weighted by atomic mass is 16.2. The summed E-state index contributed by atoms with van der Waals surface area (Å²) < 4.78 is 3.32. The van der Waals surface area contributed by atoms with Crippen LogP contribution in [0.2, 0.25) is 0 Å². The Labute approximate surface area is 149 Å². The third-order valence-electron chi connectivity index (χ3n) is 4.13. The monoisotopic (exact) mass is 348 g/mol. The van der Waals surface area contributed by atoms with E-state index in [1.54, 1.807) is 24.7 Å². The summed E-state index contributed by atoms with van der Waals surface area (Å²) in [4.78, 5) is 20.5. The first-order valence-corrected chi connectivity index (χ1v) is 8.28. The Morgan fingerprint density at radius 2 is 2.12 bits per heavy atom. The molecule has 9 heteroatoms. The highest BCUT2D eigenvalue weighted by Gasteiger charge is 2.23. The van der Waals surface area contributed by atoms with Crippen LogP contribution >= 0.6 is 0 Å². The molecule has 0 aromatic carbocycles. The van der Waals surface area contributed by atoms with E-state index in [-0.39, 0.29) is 18.1 Å². The summed E-state index contributed by atoms with van der Waals surface area (Å²) in [5, 5.41) is 20.4. The van der Waals surface area contributed by atoms with Crippen molar-refractivity contribution in [2.45, 2.75) is 25.9 Å². The van der Waals surface area contributed by atoms with Gasteiger partial charge in [0.25, 0.3) is 0 Å². The van der Waals surface area contributed by atoms with Crippen LogP contribution in [0.1, 0.15) is 18.5 Å². The van der Waals surface area contributed by atoms with Gasteiger partial charge in [-0.1, -0.05) is 0 Å². The van der Waals surface area contributed by atoms with Gasteiger partial charge in [0.15, 0.2) is 5.69 Å². The smallest absolute Gasteiger partial charge is 0.247 e. The first-order chi connectivity index (χ1) is 12.7. The molecule has 3 aromatic heterocycles. The molecule has 26 heavy (non-hydrogen) atoms. The zero-order chi connectivity index (χ0) is 17.9. The first kappa shape index (κ1) is 16.0. The van der Waals surface area contributed by atoms with Crippen molar-refractivity contribution in [2.24, 2.45) is 5.92 Å². The van der Waals surface area contributed by atoms with Gasteiger partial charge >= 0.3 is 0 Å². The molecule has 0 aliphatic heterocycles. The fourth-order valence-corrected chi connectivity index (χ4v) is 2.66. The molecular formula is C17H16N8O. The zero-order valence-corrected chi connectivity index (χ0v) is 13.9. The summed E-state index contributed by atoms with van der Waals surface area (Å²) in [5.74, 6) is 1.16. The van der Waals surface area contributed by atoms with Crippen molar-refractivity contribution in [3.8, 4) is 17.3 Å². The van der Waals surface area contributed by atoms with Gasteiger partial charge < -0.3 is 5.32 Å². The molecule has 4 rings (SSSR count). The second-order valence-electron chi connectivity index (χ2n) is 6.18. The lowest BCUT2D eigenvalue weighted by molar-refractivity contribution is -0.116. The molecule has 1 N–H and O–H groups in total. The van der Waals surface area contributed by atoms with E-state index < -0.39 is 0 Å². The Kier molecular flexibility index (Phi) is 4.15. The van der Waals surface area contributed by atoms with Gasteiger partial charge in [-0.3, -0.25) is 14.5 Å². The van der Waals surface area contributed by atoms with E-state index in [9.17, 15) is 4.79 Å². The Morgan fingerprint density at radius 3 is 2.92 bits per heavy atom. The summed E-state index contributed by atoms with van der Waals surface area (Å²) in [5.41, 5.74) is 1.31. The van der Waals surface area contributed by atoms with Crippen molar-refractivity contribution in [2.75, 3.05) is 5.32 Å². The van der Waals surface area contributed by atoms with Gasteiger partial charge in [0.2, 0.25) is 5.91 Å². The standard InChI is InChI=1S/C17H16N8O/c18-7-14-17(20-6-5-19-14)13-8-22-24(10-13)11-16(26)23-15-3-4-21-25(15)9-12-1-2-12/h3-6,8,10,12H,1-2,9,11H2,(H,23,26). The number of rotatable bonds is 6. The van der Waals surface area contributed by atoms with Crippen LogP contribution < -0.4 is 5.32 Å². The lowest BCUT2D eigenvalue weighted by Gasteiger charge is -2.08. The van der Waals surface area contributed by atoms with Crippen molar-refractivity contribution < 1.29 is 4.79 Å². The normalized spacial score (nSPS) is 13.3. The second kappa shape index (κ2) is 6.76. The van der Waals surface area contributed by atoms with Crippen molar-refractivity contribution >= 4 is 11.7 Å². The number of aromatic nitrogens is 6. The van der Waals surface area contributed by atoms with Crippen LogP contribution in [0, 0.1) is 17.2 Å². The van der Waals surface area contributed by atoms with E-state index in [0.29, 0.717) is 23.0 Å². The van der Waals surface area contributed by atoms with Gasteiger partial charge in [-0.2, -0.15) is 15.5 Å². The number of nitrogens with one attached hydrogen (secondary N) is 1. The lowest BCUT2D eigenvalue weighted by Crippen LogP contribution is -2.21. The largest absolute Gasteiger partial charge is 0.309 e. The maximum atomic E-state index is 12.3. The highest BCUT2D eigenvalue weighted by Crippen LogP contribution is 2.31.